The molecule has 3 rings (SSSR count). The first-order chi connectivity index (χ1) is 11.1. The van der Waals surface area contributed by atoms with Crippen LogP contribution in [0.5, 0.6) is 0 Å². The molecule has 0 spiro atoms. The number of thiophene rings is 1. The lowest BCUT2D eigenvalue weighted by atomic mass is 10.2. The third-order valence-corrected chi connectivity index (χ3v) is 5.11. The molecule has 1 atom stereocenters. The number of nitrogens with one attached hydrogen (secondary N) is 1. The third kappa shape index (κ3) is 4.62. The number of carbonyl (C=O) groups excluding carboxylic acids is 1. The van der Waals surface area contributed by atoms with Gasteiger partial charge in [0, 0.05) is 17.5 Å². The zero-order chi connectivity index (χ0) is 16.2. The van der Waals surface area contributed by atoms with Crippen LogP contribution in [0, 0.1) is 5.82 Å². The molecule has 2 aromatic rings. The van der Waals surface area contributed by atoms with Gasteiger partial charge in [-0.1, -0.05) is 18.2 Å². The summed E-state index contributed by atoms with van der Waals surface area (Å²) >= 11 is 1.65. The lowest BCUT2D eigenvalue weighted by molar-refractivity contribution is -0.123. The van der Waals surface area contributed by atoms with E-state index < -0.39 is 0 Å². The molecule has 1 saturated carbocycles. The molecule has 1 amide bonds. The minimum absolute atomic E-state index is 0.0365. The van der Waals surface area contributed by atoms with Crippen molar-refractivity contribution in [2.75, 3.05) is 6.54 Å². The maximum absolute atomic E-state index is 13.0. The summed E-state index contributed by atoms with van der Waals surface area (Å²) in [5, 5.41) is 5.08. The van der Waals surface area contributed by atoms with Crippen LogP contribution in [0.2, 0.25) is 0 Å². The highest BCUT2D eigenvalue weighted by molar-refractivity contribution is 7.10. The van der Waals surface area contributed by atoms with Crippen LogP contribution in [0.25, 0.3) is 0 Å². The molecule has 1 fully saturated rings. The molecule has 0 saturated heterocycles. The lowest BCUT2D eigenvalue weighted by Gasteiger charge is -2.22. The number of benzene rings is 1. The first-order valence-electron chi connectivity index (χ1n) is 7.93. The fraction of sp³-hybridized carbons (Fsp3) is 0.389. The fourth-order valence-corrected chi connectivity index (χ4v) is 3.39. The maximum Gasteiger partial charge on any atom is 0.234 e. The molecule has 23 heavy (non-hydrogen) atoms. The van der Waals surface area contributed by atoms with Gasteiger partial charge in [0.05, 0.1) is 12.6 Å². The Hall–Kier alpha value is -1.72. The number of halogens is 1. The lowest BCUT2D eigenvalue weighted by Crippen LogP contribution is -2.39. The van der Waals surface area contributed by atoms with E-state index in [-0.39, 0.29) is 17.8 Å². The van der Waals surface area contributed by atoms with Crippen molar-refractivity contribution >= 4 is 17.2 Å². The predicted molar refractivity (Wildman–Crippen MR) is 90.7 cm³/mol. The van der Waals surface area contributed by atoms with Gasteiger partial charge in [0.15, 0.2) is 0 Å². The van der Waals surface area contributed by atoms with Crippen LogP contribution < -0.4 is 5.32 Å². The number of hydrogen-bond donors (Lipinski definition) is 1. The molecule has 1 aromatic heterocycles. The average Bonchev–Trinajstić information content (AvgIpc) is 3.22. The van der Waals surface area contributed by atoms with E-state index in [0.717, 1.165) is 23.3 Å². The highest BCUT2D eigenvalue weighted by Gasteiger charge is 2.30. The Kier molecular flexibility index (Phi) is 5.08. The molecule has 1 unspecified atom stereocenters. The number of nitrogens with zero attached hydrogens (tertiary/aromatic N) is 1. The molecule has 1 N–H and O–H groups in total. The SMILES string of the molecule is CC(NC(=O)CN(Cc1ccc(F)cc1)C1CC1)c1cccs1. The molecule has 0 bridgehead atoms. The van der Waals surface area contributed by atoms with E-state index in [4.69, 9.17) is 0 Å². The first kappa shape index (κ1) is 16.1. The molecular weight excluding hydrogens is 311 g/mol. The highest BCUT2D eigenvalue weighted by atomic mass is 32.1. The van der Waals surface area contributed by atoms with Crippen molar-refractivity contribution in [3.05, 3.63) is 58.0 Å². The van der Waals surface area contributed by atoms with Crippen LogP contribution in [0.3, 0.4) is 0 Å². The smallest absolute Gasteiger partial charge is 0.234 e. The van der Waals surface area contributed by atoms with Gasteiger partial charge in [0.25, 0.3) is 0 Å². The van der Waals surface area contributed by atoms with Crippen molar-refractivity contribution < 1.29 is 9.18 Å². The van der Waals surface area contributed by atoms with E-state index in [0.29, 0.717) is 19.1 Å². The summed E-state index contributed by atoms with van der Waals surface area (Å²) in [6.07, 6.45) is 2.27. The second-order valence-corrected chi connectivity index (χ2v) is 7.05. The number of carbonyl (C=O) groups is 1. The Bertz CT molecular complexity index is 638. The van der Waals surface area contributed by atoms with Gasteiger partial charge < -0.3 is 5.32 Å². The Morgan fingerprint density at radius 3 is 2.70 bits per heavy atom. The summed E-state index contributed by atoms with van der Waals surface area (Å²) in [5.41, 5.74) is 1.04. The molecule has 122 valence electrons. The van der Waals surface area contributed by atoms with Crippen molar-refractivity contribution in [2.45, 2.75) is 38.4 Å². The number of hydrogen-bond acceptors (Lipinski definition) is 3. The van der Waals surface area contributed by atoms with Gasteiger partial charge in [-0.2, -0.15) is 0 Å². The van der Waals surface area contributed by atoms with E-state index in [1.165, 1.54) is 12.1 Å². The van der Waals surface area contributed by atoms with Crippen LogP contribution in [-0.2, 0) is 11.3 Å². The van der Waals surface area contributed by atoms with E-state index in [1.807, 2.05) is 24.4 Å². The molecule has 1 aromatic carbocycles. The summed E-state index contributed by atoms with van der Waals surface area (Å²) in [5.74, 6) is -0.186. The summed E-state index contributed by atoms with van der Waals surface area (Å²) in [6, 6.07) is 11.1. The molecule has 3 nitrogen and oxygen atoms in total. The Morgan fingerprint density at radius 1 is 1.35 bits per heavy atom. The van der Waals surface area contributed by atoms with Crippen molar-refractivity contribution in [3.8, 4) is 0 Å². The van der Waals surface area contributed by atoms with Crippen molar-refractivity contribution in [2.24, 2.45) is 0 Å². The fourth-order valence-electron chi connectivity index (χ4n) is 2.66. The van der Waals surface area contributed by atoms with Gasteiger partial charge in [-0.25, -0.2) is 4.39 Å². The quantitative estimate of drug-likeness (QED) is 0.838. The van der Waals surface area contributed by atoms with Gasteiger partial charge in [0.2, 0.25) is 5.91 Å². The summed E-state index contributed by atoms with van der Waals surface area (Å²) in [6.45, 7) is 3.08. The molecule has 0 radical (unpaired) electrons. The van der Waals surface area contributed by atoms with Gasteiger partial charge in [-0.05, 0) is 48.9 Å². The van der Waals surface area contributed by atoms with Crippen molar-refractivity contribution in [1.82, 2.24) is 10.2 Å². The Labute approximate surface area is 140 Å². The average molecular weight is 332 g/mol. The van der Waals surface area contributed by atoms with Crippen LogP contribution in [0.1, 0.15) is 36.2 Å². The van der Waals surface area contributed by atoms with Gasteiger partial charge in [0.1, 0.15) is 5.82 Å². The molecule has 5 heteroatoms. The van der Waals surface area contributed by atoms with E-state index >= 15 is 0 Å². The van der Waals surface area contributed by atoms with Gasteiger partial charge in [-0.15, -0.1) is 11.3 Å². The largest absolute Gasteiger partial charge is 0.348 e. The molecule has 1 heterocycles. The molecule has 1 aliphatic rings. The molecular formula is C18H21FN2OS. The zero-order valence-electron chi connectivity index (χ0n) is 13.2. The maximum atomic E-state index is 13.0. The minimum atomic E-state index is -0.228. The predicted octanol–water partition coefficient (Wildman–Crippen LogP) is 3.73. The second kappa shape index (κ2) is 7.23. The van der Waals surface area contributed by atoms with E-state index in [9.17, 15) is 9.18 Å². The standard InChI is InChI=1S/C18H21FN2OS/c1-13(17-3-2-10-23-17)20-18(22)12-21(16-8-9-16)11-14-4-6-15(19)7-5-14/h2-7,10,13,16H,8-9,11-12H2,1H3,(H,20,22). The third-order valence-electron chi connectivity index (χ3n) is 4.06. The van der Waals surface area contributed by atoms with Crippen molar-refractivity contribution in [1.29, 1.82) is 0 Å². The van der Waals surface area contributed by atoms with Gasteiger partial charge >= 0.3 is 0 Å². The highest BCUT2D eigenvalue weighted by Crippen LogP contribution is 2.28. The van der Waals surface area contributed by atoms with E-state index in [1.54, 1.807) is 23.5 Å². The van der Waals surface area contributed by atoms with Crippen LogP contribution in [0.15, 0.2) is 41.8 Å². The Morgan fingerprint density at radius 2 is 2.09 bits per heavy atom. The number of rotatable bonds is 7. The summed E-state index contributed by atoms with van der Waals surface area (Å²) in [7, 11) is 0. The van der Waals surface area contributed by atoms with Crippen LogP contribution >= 0.6 is 11.3 Å². The second-order valence-electron chi connectivity index (χ2n) is 6.07. The molecule has 1 aliphatic carbocycles. The van der Waals surface area contributed by atoms with Crippen LogP contribution in [-0.4, -0.2) is 23.4 Å². The monoisotopic (exact) mass is 332 g/mol. The van der Waals surface area contributed by atoms with Gasteiger partial charge in [-0.3, -0.25) is 9.69 Å². The summed E-state index contributed by atoms with van der Waals surface area (Å²) < 4.78 is 13.0. The zero-order valence-corrected chi connectivity index (χ0v) is 14.0. The van der Waals surface area contributed by atoms with E-state index in [2.05, 4.69) is 10.2 Å². The van der Waals surface area contributed by atoms with Crippen molar-refractivity contribution in [3.63, 3.8) is 0 Å². The normalized spacial score (nSPS) is 15.6. The number of amides is 1. The minimum Gasteiger partial charge on any atom is -0.348 e. The Balaban J connectivity index is 1.56. The molecule has 0 aliphatic heterocycles. The first-order valence-corrected chi connectivity index (χ1v) is 8.81. The topological polar surface area (TPSA) is 32.3 Å². The summed E-state index contributed by atoms with van der Waals surface area (Å²) in [4.78, 5) is 15.7. The van der Waals surface area contributed by atoms with Crippen LogP contribution in [0.4, 0.5) is 4.39 Å².